The smallest absolute Gasteiger partial charge is 0.0314 e. The van der Waals surface area contributed by atoms with Crippen molar-refractivity contribution in [2.75, 3.05) is 5.73 Å². The third kappa shape index (κ3) is 4.26. The van der Waals surface area contributed by atoms with Crippen LogP contribution in [0.1, 0.15) is 0 Å². The quantitative estimate of drug-likeness (QED) is 0.194. The normalized spacial score (nSPS) is 11.8. The molecule has 0 aliphatic heterocycles. The molecule has 0 amide bonds. The van der Waals surface area contributed by atoms with Crippen molar-refractivity contribution >= 4 is 38.0 Å². The van der Waals surface area contributed by atoms with Gasteiger partial charge in [-0.3, -0.25) is 0 Å². The topological polar surface area (TPSA) is 26.0 Å². The Balaban J connectivity index is 1.25. The summed E-state index contributed by atoms with van der Waals surface area (Å²) in [4.78, 5) is 0. The zero-order valence-electron chi connectivity index (χ0n) is 26.8. The molecule has 1 heteroatoms. The van der Waals surface area contributed by atoms with Gasteiger partial charge in [-0.2, -0.15) is 0 Å². The molecule has 2 N–H and O–H groups in total. The zero-order chi connectivity index (χ0) is 32.5. The van der Waals surface area contributed by atoms with E-state index in [-0.39, 0.29) is 0 Å². The lowest BCUT2D eigenvalue weighted by Crippen LogP contribution is -1.93. The number of anilines is 1. The van der Waals surface area contributed by atoms with E-state index in [0.717, 1.165) is 5.69 Å². The lowest BCUT2D eigenvalue weighted by atomic mass is 9.82. The summed E-state index contributed by atoms with van der Waals surface area (Å²) in [5.74, 6) is 0. The van der Waals surface area contributed by atoms with Crippen molar-refractivity contribution in [1.29, 1.82) is 0 Å². The molecule has 1 aliphatic carbocycles. The predicted octanol–water partition coefficient (Wildman–Crippen LogP) is 13.0. The standard InChI is InChI=1S/C48H31N/c49-37-24-22-30(23-25-37)34-20-18-31-19-21-35(29-36(31)28-34)38-26-27-43-46-39(38)16-9-17-42(46)47-44(32-10-3-1-4-11-32)40-14-7-8-15-41(40)45(48(43)47)33-12-5-2-6-13-33/h1-29H,49H2. The van der Waals surface area contributed by atoms with E-state index in [1.807, 2.05) is 12.1 Å². The van der Waals surface area contributed by atoms with Gasteiger partial charge in [-0.25, -0.2) is 0 Å². The van der Waals surface area contributed by atoms with Crippen molar-refractivity contribution in [3.63, 3.8) is 0 Å². The highest BCUT2D eigenvalue weighted by Crippen LogP contribution is 2.58. The Labute approximate surface area is 285 Å². The first-order valence-electron chi connectivity index (χ1n) is 16.9. The Bertz CT molecular complexity index is 2650. The van der Waals surface area contributed by atoms with Gasteiger partial charge in [0.05, 0.1) is 0 Å². The number of hydrogen-bond donors (Lipinski definition) is 1. The van der Waals surface area contributed by atoms with Gasteiger partial charge >= 0.3 is 0 Å². The summed E-state index contributed by atoms with van der Waals surface area (Å²) in [7, 11) is 0. The highest BCUT2D eigenvalue weighted by Gasteiger charge is 2.31. The Kier molecular flexibility index (Phi) is 6.10. The van der Waals surface area contributed by atoms with E-state index in [4.69, 9.17) is 5.73 Å². The predicted molar refractivity (Wildman–Crippen MR) is 210 cm³/mol. The van der Waals surface area contributed by atoms with Crippen molar-refractivity contribution in [2.45, 2.75) is 0 Å². The second-order valence-corrected chi connectivity index (χ2v) is 13.1. The van der Waals surface area contributed by atoms with Crippen molar-refractivity contribution < 1.29 is 0 Å². The van der Waals surface area contributed by atoms with Gasteiger partial charge in [0.15, 0.2) is 0 Å². The Hall–Kier alpha value is -6.44. The molecule has 1 aliphatic rings. The Morgan fingerprint density at radius 2 is 0.796 bits per heavy atom. The summed E-state index contributed by atoms with van der Waals surface area (Å²) in [6.07, 6.45) is 0. The molecule has 9 aromatic carbocycles. The molecular formula is C48H31N. The molecule has 0 fully saturated rings. The molecule has 0 spiro atoms. The summed E-state index contributed by atoms with van der Waals surface area (Å²) in [6.45, 7) is 0. The molecule has 0 saturated carbocycles. The van der Waals surface area contributed by atoms with E-state index in [9.17, 15) is 0 Å². The Morgan fingerprint density at radius 1 is 0.286 bits per heavy atom. The van der Waals surface area contributed by atoms with E-state index in [1.165, 1.54) is 99.1 Å². The van der Waals surface area contributed by atoms with Crippen molar-refractivity contribution in [1.82, 2.24) is 0 Å². The van der Waals surface area contributed by atoms with Gasteiger partial charge in [-0.1, -0.05) is 152 Å². The number of hydrogen-bond acceptors (Lipinski definition) is 1. The van der Waals surface area contributed by atoms with E-state index in [2.05, 4.69) is 164 Å². The highest BCUT2D eigenvalue weighted by molar-refractivity contribution is 6.28. The molecule has 0 heterocycles. The lowest BCUT2D eigenvalue weighted by Gasteiger charge is -2.20. The zero-order valence-corrected chi connectivity index (χ0v) is 26.8. The van der Waals surface area contributed by atoms with Crippen LogP contribution in [0, 0.1) is 0 Å². The summed E-state index contributed by atoms with van der Waals surface area (Å²) in [6, 6.07) is 64.1. The van der Waals surface area contributed by atoms with Gasteiger partial charge in [0, 0.05) is 5.69 Å². The molecular weight excluding hydrogens is 591 g/mol. The third-order valence-corrected chi connectivity index (χ3v) is 10.3. The van der Waals surface area contributed by atoms with E-state index >= 15 is 0 Å². The SMILES string of the molecule is Nc1ccc(-c2ccc3ccc(-c4ccc5c6c(cccc46)-c4c-5c(-c5ccccc5)c5ccccc5c4-c4ccccc4)cc3c2)cc1. The maximum Gasteiger partial charge on any atom is 0.0314 e. The van der Waals surface area contributed by atoms with Crippen molar-refractivity contribution in [2.24, 2.45) is 0 Å². The fourth-order valence-electron chi connectivity index (χ4n) is 8.13. The fraction of sp³-hybridized carbons (Fsp3) is 0. The van der Waals surface area contributed by atoms with Crippen LogP contribution in [0.4, 0.5) is 5.69 Å². The molecule has 0 aromatic heterocycles. The second-order valence-electron chi connectivity index (χ2n) is 13.1. The average Bonchev–Trinajstić information content (AvgIpc) is 3.49. The van der Waals surface area contributed by atoms with Crippen LogP contribution >= 0.6 is 0 Å². The molecule has 0 radical (unpaired) electrons. The van der Waals surface area contributed by atoms with E-state index < -0.39 is 0 Å². The molecule has 1 nitrogen and oxygen atoms in total. The molecule has 49 heavy (non-hydrogen) atoms. The van der Waals surface area contributed by atoms with Gasteiger partial charge in [0.25, 0.3) is 0 Å². The molecule has 0 bridgehead atoms. The van der Waals surface area contributed by atoms with Gasteiger partial charge in [-0.15, -0.1) is 0 Å². The minimum absolute atomic E-state index is 0.779. The Morgan fingerprint density at radius 3 is 1.45 bits per heavy atom. The maximum absolute atomic E-state index is 5.98. The maximum atomic E-state index is 5.98. The number of rotatable bonds is 4. The number of benzene rings is 9. The van der Waals surface area contributed by atoms with E-state index in [0.29, 0.717) is 0 Å². The van der Waals surface area contributed by atoms with Gasteiger partial charge in [0.1, 0.15) is 0 Å². The van der Waals surface area contributed by atoms with Crippen LogP contribution < -0.4 is 5.73 Å². The summed E-state index contributed by atoms with van der Waals surface area (Å²) in [5, 5.41) is 7.62. The molecule has 0 atom stereocenters. The molecule has 0 saturated heterocycles. The van der Waals surface area contributed by atoms with Crippen molar-refractivity contribution in [3.8, 4) is 66.8 Å². The first-order chi connectivity index (χ1) is 24.2. The van der Waals surface area contributed by atoms with Crippen molar-refractivity contribution in [3.05, 3.63) is 176 Å². The largest absolute Gasteiger partial charge is 0.399 e. The van der Waals surface area contributed by atoms with Crippen LogP contribution in [0.25, 0.3) is 99.1 Å². The highest BCUT2D eigenvalue weighted by atomic mass is 14.5. The van der Waals surface area contributed by atoms with Crippen LogP contribution in [-0.4, -0.2) is 0 Å². The van der Waals surface area contributed by atoms with Crippen LogP contribution in [0.3, 0.4) is 0 Å². The first kappa shape index (κ1) is 27.7. The van der Waals surface area contributed by atoms with Gasteiger partial charge in [0.2, 0.25) is 0 Å². The van der Waals surface area contributed by atoms with Crippen LogP contribution in [0.15, 0.2) is 176 Å². The van der Waals surface area contributed by atoms with Crippen LogP contribution in [0.2, 0.25) is 0 Å². The van der Waals surface area contributed by atoms with Crippen LogP contribution in [-0.2, 0) is 0 Å². The number of fused-ring (bicyclic) bond motifs is 5. The fourth-order valence-corrected chi connectivity index (χ4v) is 8.13. The van der Waals surface area contributed by atoms with Crippen LogP contribution in [0.5, 0.6) is 0 Å². The third-order valence-electron chi connectivity index (χ3n) is 10.3. The number of nitrogens with two attached hydrogens (primary N) is 1. The summed E-state index contributed by atoms with van der Waals surface area (Å²) < 4.78 is 0. The van der Waals surface area contributed by atoms with E-state index in [1.54, 1.807) is 0 Å². The first-order valence-corrected chi connectivity index (χ1v) is 16.9. The van der Waals surface area contributed by atoms with Gasteiger partial charge in [-0.05, 0) is 123 Å². The molecule has 9 aromatic rings. The summed E-state index contributed by atoms with van der Waals surface area (Å²) in [5.41, 5.74) is 21.9. The molecule has 0 unspecified atom stereocenters. The minimum Gasteiger partial charge on any atom is -0.399 e. The monoisotopic (exact) mass is 621 g/mol. The lowest BCUT2D eigenvalue weighted by molar-refractivity contribution is 1.62. The number of nitrogen functional groups attached to an aromatic ring is 1. The van der Waals surface area contributed by atoms with Gasteiger partial charge < -0.3 is 5.73 Å². The second kappa shape index (κ2) is 10.8. The molecule has 10 rings (SSSR count). The summed E-state index contributed by atoms with van der Waals surface area (Å²) >= 11 is 0. The molecule has 228 valence electrons. The minimum atomic E-state index is 0.779. The average molecular weight is 622 g/mol.